The molecule has 0 fully saturated rings. The van der Waals surface area contributed by atoms with Crippen molar-refractivity contribution in [1.29, 1.82) is 0 Å². The molecule has 0 unspecified atom stereocenters. The third kappa shape index (κ3) is 5.18. The number of rotatable bonds is 8. The lowest BCUT2D eigenvalue weighted by Gasteiger charge is -2.27. The van der Waals surface area contributed by atoms with Gasteiger partial charge in [-0.25, -0.2) is 0 Å². The lowest BCUT2D eigenvalue weighted by molar-refractivity contribution is -0.137. The average molecular weight is 490 g/mol. The summed E-state index contributed by atoms with van der Waals surface area (Å²) in [6.45, 7) is 0. The topological polar surface area (TPSA) is 37.3 Å². The summed E-state index contributed by atoms with van der Waals surface area (Å²) in [5, 5.41) is 13.1. The Bertz CT molecular complexity index is 726. The van der Waals surface area contributed by atoms with Gasteiger partial charge in [0.1, 0.15) is 23.2 Å². The Labute approximate surface area is 179 Å². The van der Waals surface area contributed by atoms with Crippen molar-refractivity contribution < 1.29 is 33.9 Å². The molecule has 0 radical (unpaired) electrons. The van der Waals surface area contributed by atoms with E-state index in [1.54, 1.807) is 0 Å². The highest BCUT2D eigenvalue weighted by molar-refractivity contribution is 7.95. The molecule has 2 nitrogen and oxygen atoms in total. The molecule has 0 amide bonds. The number of benzene rings is 3. The van der Waals surface area contributed by atoms with E-state index in [1.807, 2.05) is 0 Å². The number of carboxylic acid groups (broad SMARTS) is 1. The second-order valence-electron chi connectivity index (χ2n) is 6.39. The molecule has 1 N–H and O–H groups in total. The molecule has 140 valence electrons. The van der Waals surface area contributed by atoms with Crippen LogP contribution >= 0.6 is 7.26 Å². The Morgan fingerprint density at radius 1 is 0.667 bits per heavy atom. The zero-order chi connectivity index (χ0) is 18.2. The van der Waals surface area contributed by atoms with Gasteiger partial charge >= 0.3 is 5.97 Å². The molecule has 0 aliphatic rings. The zero-order valence-corrected chi connectivity index (χ0v) is 18.2. The molecular weight excluding hydrogens is 466 g/mol. The largest absolute Gasteiger partial charge is 1.00 e. The first kappa shape index (κ1) is 21.6. The van der Waals surface area contributed by atoms with Crippen molar-refractivity contribution in [3.8, 4) is 0 Å². The monoisotopic (exact) mass is 490 g/mol. The van der Waals surface area contributed by atoms with Crippen LogP contribution in [0.5, 0.6) is 0 Å². The fraction of sp³-hybridized carbons (Fsp3) is 0.174. The summed E-state index contributed by atoms with van der Waals surface area (Å²) < 4.78 is 0. The molecule has 3 aromatic rings. The molecule has 0 bridgehead atoms. The van der Waals surface area contributed by atoms with Crippen LogP contribution in [0.3, 0.4) is 0 Å². The number of hydrogen-bond donors (Lipinski definition) is 1. The molecule has 0 aliphatic heterocycles. The maximum Gasteiger partial charge on any atom is 0.303 e. The van der Waals surface area contributed by atoms with E-state index in [1.165, 1.54) is 15.9 Å². The van der Waals surface area contributed by atoms with Crippen LogP contribution in [0.15, 0.2) is 91.0 Å². The highest BCUT2D eigenvalue weighted by Gasteiger charge is 2.44. The van der Waals surface area contributed by atoms with Gasteiger partial charge in [-0.05, 0) is 49.2 Å². The number of hydrogen-bond acceptors (Lipinski definition) is 1. The Morgan fingerprint density at radius 2 is 1.04 bits per heavy atom. The van der Waals surface area contributed by atoms with Crippen molar-refractivity contribution in [2.75, 3.05) is 6.16 Å². The average Bonchev–Trinajstić information content (AvgIpc) is 2.70. The minimum atomic E-state index is -1.81. The molecule has 27 heavy (non-hydrogen) atoms. The van der Waals surface area contributed by atoms with Crippen LogP contribution in [-0.2, 0) is 4.79 Å². The van der Waals surface area contributed by atoms with Crippen molar-refractivity contribution in [3.05, 3.63) is 91.0 Å². The van der Waals surface area contributed by atoms with E-state index in [4.69, 9.17) is 5.11 Å². The molecular formula is C23H24IO2P. The summed E-state index contributed by atoms with van der Waals surface area (Å²) >= 11 is 0. The molecule has 4 heteroatoms. The van der Waals surface area contributed by atoms with Gasteiger partial charge < -0.3 is 29.1 Å². The van der Waals surface area contributed by atoms with Crippen LogP contribution in [0, 0.1) is 0 Å². The van der Waals surface area contributed by atoms with Crippen molar-refractivity contribution in [2.45, 2.75) is 19.3 Å². The number of unbranched alkanes of at least 4 members (excludes halogenated alkanes) is 1. The van der Waals surface area contributed by atoms with Gasteiger partial charge in [0, 0.05) is 6.42 Å². The third-order valence-corrected chi connectivity index (χ3v) is 9.25. The Balaban J connectivity index is 0.00000261. The van der Waals surface area contributed by atoms with Crippen molar-refractivity contribution in [3.63, 3.8) is 0 Å². The minimum Gasteiger partial charge on any atom is -1.00 e. The molecule has 0 saturated carbocycles. The number of carbonyl (C=O) groups is 1. The molecule has 3 rings (SSSR count). The van der Waals surface area contributed by atoms with Gasteiger partial charge in [0.05, 0.1) is 6.16 Å². The Kier molecular flexibility index (Phi) is 8.46. The Hall–Kier alpha value is -1.71. The van der Waals surface area contributed by atoms with Gasteiger partial charge in [-0.3, -0.25) is 4.79 Å². The van der Waals surface area contributed by atoms with E-state index in [2.05, 4.69) is 91.0 Å². The van der Waals surface area contributed by atoms with Gasteiger partial charge in [-0.15, -0.1) is 0 Å². The molecule has 3 aromatic carbocycles. The first-order chi connectivity index (χ1) is 12.7. The van der Waals surface area contributed by atoms with Crippen LogP contribution in [0.25, 0.3) is 0 Å². The molecule has 0 aromatic heterocycles. The summed E-state index contributed by atoms with van der Waals surface area (Å²) in [4.78, 5) is 10.9. The molecule has 0 saturated heterocycles. The molecule has 0 atom stereocenters. The van der Waals surface area contributed by atoms with E-state index >= 15 is 0 Å². The lowest BCUT2D eigenvalue weighted by Crippen LogP contribution is -3.00. The smallest absolute Gasteiger partial charge is 0.303 e. The van der Waals surface area contributed by atoms with Crippen molar-refractivity contribution >= 4 is 29.1 Å². The number of aliphatic carboxylic acids is 1. The fourth-order valence-electron chi connectivity index (χ4n) is 3.51. The number of carboxylic acids is 1. The highest BCUT2D eigenvalue weighted by Crippen LogP contribution is 2.55. The summed E-state index contributed by atoms with van der Waals surface area (Å²) in [7, 11) is -1.81. The van der Waals surface area contributed by atoms with Crippen LogP contribution in [0.2, 0.25) is 0 Å². The van der Waals surface area contributed by atoms with Crippen molar-refractivity contribution in [1.82, 2.24) is 0 Å². The summed E-state index contributed by atoms with van der Waals surface area (Å²) in [5.74, 6) is -0.715. The highest BCUT2D eigenvalue weighted by atomic mass is 127. The van der Waals surface area contributed by atoms with Crippen LogP contribution < -0.4 is 39.9 Å². The van der Waals surface area contributed by atoms with E-state index in [0.717, 1.165) is 12.6 Å². The molecule has 0 aliphatic carbocycles. The normalized spacial score (nSPS) is 10.8. The maximum absolute atomic E-state index is 10.9. The summed E-state index contributed by atoms with van der Waals surface area (Å²) in [5.41, 5.74) is 0. The van der Waals surface area contributed by atoms with Gasteiger partial charge in [-0.2, -0.15) is 0 Å². The maximum atomic E-state index is 10.9. The summed E-state index contributed by atoms with van der Waals surface area (Å²) in [6, 6.07) is 32.2. The van der Waals surface area contributed by atoms with E-state index in [9.17, 15) is 4.79 Å². The van der Waals surface area contributed by atoms with Crippen LogP contribution in [-0.4, -0.2) is 17.2 Å². The Morgan fingerprint density at radius 3 is 1.37 bits per heavy atom. The van der Waals surface area contributed by atoms with E-state index in [-0.39, 0.29) is 30.4 Å². The number of halogens is 1. The van der Waals surface area contributed by atoms with Crippen LogP contribution in [0.4, 0.5) is 0 Å². The first-order valence-electron chi connectivity index (χ1n) is 9.00. The van der Waals surface area contributed by atoms with E-state index in [0.29, 0.717) is 6.42 Å². The second kappa shape index (κ2) is 10.6. The fourth-order valence-corrected chi connectivity index (χ4v) is 7.92. The van der Waals surface area contributed by atoms with E-state index < -0.39 is 13.2 Å². The second-order valence-corrected chi connectivity index (χ2v) is 10.0. The molecule has 0 heterocycles. The summed E-state index contributed by atoms with van der Waals surface area (Å²) in [6.07, 6.45) is 2.83. The molecule has 0 spiro atoms. The van der Waals surface area contributed by atoms with Gasteiger partial charge in [0.15, 0.2) is 0 Å². The standard InChI is InChI=1S/C23H23O2P.HI/c24-23(25)18-10-11-19-26(20-12-4-1-5-13-20,21-14-6-2-7-15-21)22-16-8-3-9-17-22;/h1-9,12-17H,10-11,18-19H2;1H. The van der Waals surface area contributed by atoms with Gasteiger partial charge in [0.25, 0.3) is 0 Å². The lowest BCUT2D eigenvalue weighted by atomic mass is 10.2. The zero-order valence-electron chi connectivity index (χ0n) is 15.2. The van der Waals surface area contributed by atoms with Gasteiger partial charge in [0.2, 0.25) is 0 Å². The van der Waals surface area contributed by atoms with Crippen LogP contribution in [0.1, 0.15) is 19.3 Å². The quantitative estimate of drug-likeness (QED) is 0.293. The SMILES string of the molecule is O=C(O)CCCC[P+](c1ccccc1)(c1ccccc1)c1ccccc1.[I-]. The predicted octanol–water partition coefficient (Wildman–Crippen LogP) is 1.24. The van der Waals surface area contributed by atoms with Gasteiger partial charge in [-0.1, -0.05) is 54.6 Å². The van der Waals surface area contributed by atoms with Crippen molar-refractivity contribution in [2.24, 2.45) is 0 Å². The first-order valence-corrected chi connectivity index (χ1v) is 11.0. The third-order valence-electron chi connectivity index (χ3n) is 4.73. The minimum absolute atomic E-state index is 0. The predicted molar refractivity (Wildman–Crippen MR) is 112 cm³/mol.